The van der Waals surface area contributed by atoms with Crippen LogP contribution in [-0.4, -0.2) is 19.6 Å². The molecular weight excluding hydrogens is 350 g/mol. The van der Waals surface area contributed by atoms with Crippen molar-refractivity contribution in [3.8, 4) is 5.75 Å². The second-order valence-corrected chi connectivity index (χ2v) is 9.39. The normalized spacial score (nSPS) is 35.5. The molecule has 5 nitrogen and oxygen atoms in total. The Morgan fingerprint density at radius 1 is 1.31 bits per heavy atom. The van der Waals surface area contributed by atoms with Gasteiger partial charge in [-0.1, -0.05) is 32.1 Å². The fraction of sp³-hybridized carbons (Fsp3) is 0.600. The minimum absolute atomic E-state index is 0.108. The third-order valence-corrected chi connectivity index (χ3v) is 7.34. The zero-order valence-corrected chi connectivity index (χ0v) is 16.1. The molecule has 3 N–H and O–H groups in total. The zero-order chi connectivity index (χ0) is 18.7. The molecule has 142 valence electrons. The summed E-state index contributed by atoms with van der Waals surface area (Å²) >= 11 is 0. The lowest BCUT2D eigenvalue weighted by Crippen LogP contribution is -2.40. The molecule has 5 atom stereocenters. The van der Waals surface area contributed by atoms with Crippen LogP contribution in [0.25, 0.3) is 0 Å². The Hall–Kier alpha value is -1.37. The predicted octanol–water partition coefficient (Wildman–Crippen LogP) is 2.82. The average molecular weight is 378 g/mol. The van der Waals surface area contributed by atoms with E-state index in [-0.39, 0.29) is 11.5 Å². The number of aliphatic hydroxyl groups is 1. The Kier molecular flexibility index (Phi) is 4.21. The molecular formula is C20H27NO4S. The van der Waals surface area contributed by atoms with Crippen molar-refractivity contribution in [1.82, 2.24) is 0 Å². The van der Waals surface area contributed by atoms with E-state index >= 15 is 0 Å². The molecule has 0 amide bonds. The summed E-state index contributed by atoms with van der Waals surface area (Å²) in [4.78, 5) is 0. The predicted molar refractivity (Wildman–Crippen MR) is 100 cm³/mol. The summed E-state index contributed by atoms with van der Waals surface area (Å²) in [6.07, 6.45) is 8.84. The second-order valence-electron chi connectivity index (χ2n) is 8.24. The van der Waals surface area contributed by atoms with E-state index in [1.807, 2.05) is 13.0 Å². The fourth-order valence-corrected chi connectivity index (χ4v) is 5.95. The SMILES string of the molecule is CCc1cc2c(cc1OS(N)(=O)=O)CC[C@@H]1[C@@H]2C=C[C@]2(C)[C@@H](O)CC[C@@H]12. The third-order valence-electron chi connectivity index (χ3n) is 6.92. The molecule has 0 bridgehead atoms. The van der Waals surface area contributed by atoms with Gasteiger partial charge in [0.05, 0.1) is 6.10 Å². The molecule has 26 heavy (non-hydrogen) atoms. The van der Waals surface area contributed by atoms with Crippen LogP contribution in [0.3, 0.4) is 0 Å². The maximum Gasteiger partial charge on any atom is 0.380 e. The van der Waals surface area contributed by atoms with Crippen LogP contribution < -0.4 is 9.32 Å². The molecule has 1 aromatic rings. The van der Waals surface area contributed by atoms with E-state index in [0.717, 1.165) is 36.8 Å². The fourth-order valence-electron chi connectivity index (χ4n) is 5.55. The number of fused-ring (bicyclic) bond motifs is 5. The highest BCUT2D eigenvalue weighted by molar-refractivity contribution is 7.84. The summed E-state index contributed by atoms with van der Waals surface area (Å²) in [6, 6.07) is 3.96. The number of aliphatic hydroxyl groups excluding tert-OH is 1. The highest BCUT2D eigenvalue weighted by Crippen LogP contribution is 2.58. The van der Waals surface area contributed by atoms with Gasteiger partial charge in [0.15, 0.2) is 0 Å². The van der Waals surface area contributed by atoms with Gasteiger partial charge in [0.25, 0.3) is 0 Å². The van der Waals surface area contributed by atoms with E-state index in [1.54, 1.807) is 0 Å². The molecule has 0 aliphatic heterocycles. The Morgan fingerprint density at radius 3 is 2.77 bits per heavy atom. The van der Waals surface area contributed by atoms with Crippen molar-refractivity contribution >= 4 is 10.3 Å². The van der Waals surface area contributed by atoms with Crippen LogP contribution in [0.15, 0.2) is 24.3 Å². The number of hydrogen-bond donors (Lipinski definition) is 2. The van der Waals surface area contributed by atoms with Crippen LogP contribution >= 0.6 is 0 Å². The first-order valence-corrected chi connectivity index (χ1v) is 11.0. The molecule has 3 aliphatic carbocycles. The number of rotatable bonds is 3. The smallest absolute Gasteiger partial charge is 0.380 e. The minimum Gasteiger partial charge on any atom is -0.392 e. The summed E-state index contributed by atoms with van der Waals surface area (Å²) in [7, 11) is -4.03. The molecule has 4 rings (SSSR count). The van der Waals surface area contributed by atoms with Crippen LogP contribution in [0, 0.1) is 17.3 Å². The van der Waals surface area contributed by atoms with Crippen LogP contribution in [0.5, 0.6) is 5.75 Å². The lowest BCUT2D eigenvalue weighted by atomic mass is 9.58. The maximum atomic E-state index is 11.4. The van der Waals surface area contributed by atoms with Crippen molar-refractivity contribution in [3.63, 3.8) is 0 Å². The zero-order valence-electron chi connectivity index (χ0n) is 15.3. The summed E-state index contributed by atoms with van der Waals surface area (Å²) in [5.41, 5.74) is 3.18. The first-order chi connectivity index (χ1) is 12.2. The summed E-state index contributed by atoms with van der Waals surface area (Å²) in [5, 5.41) is 15.5. The van der Waals surface area contributed by atoms with Gasteiger partial charge in [0, 0.05) is 11.3 Å². The van der Waals surface area contributed by atoms with Crippen LogP contribution in [0.1, 0.15) is 55.7 Å². The molecule has 0 spiro atoms. The average Bonchev–Trinajstić information content (AvgIpc) is 2.88. The summed E-state index contributed by atoms with van der Waals surface area (Å²) < 4.78 is 27.8. The molecule has 1 fully saturated rings. The Labute approximate surface area is 155 Å². The van der Waals surface area contributed by atoms with Gasteiger partial charge in [-0.25, -0.2) is 0 Å². The van der Waals surface area contributed by atoms with Crippen molar-refractivity contribution in [2.45, 2.75) is 58.0 Å². The maximum absolute atomic E-state index is 11.4. The molecule has 0 heterocycles. The number of aryl methyl sites for hydroxylation is 2. The van der Waals surface area contributed by atoms with Crippen molar-refractivity contribution < 1.29 is 17.7 Å². The molecule has 0 aromatic heterocycles. The van der Waals surface area contributed by atoms with Gasteiger partial charge >= 0.3 is 10.3 Å². The van der Waals surface area contributed by atoms with E-state index in [0.29, 0.717) is 29.9 Å². The highest BCUT2D eigenvalue weighted by Gasteiger charge is 2.52. The number of allylic oxidation sites excluding steroid dienone is 1. The minimum atomic E-state index is -4.03. The van der Waals surface area contributed by atoms with Gasteiger partial charge in [-0.2, -0.15) is 13.6 Å². The van der Waals surface area contributed by atoms with Gasteiger partial charge in [0.1, 0.15) is 5.75 Å². The van der Waals surface area contributed by atoms with Gasteiger partial charge in [-0.15, -0.1) is 0 Å². The standard InChI is InChI=1S/C20H27NO4S/c1-3-12-10-16-13(11-18(12)25-26(21,23)24)4-5-15-14(16)8-9-20(2)17(15)6-7-19(20)22/h8-11,14-15,17,19,22H,3-7H2,1-2H3,(H2,21,23,24)/t14-,15+,17-,19-,20-/m0/s1. The van der Waals surface area contributed by atoms with E-state index in [9.17, 15) is 13.5 Å². The first-order valence-electron chi connectivity index (χ1n) is 9.48. The van der Waals surface area contributed by atoms with E-state index < -0.39 is 10.3 Å². The summed E-state index contributed by atoms with van der Waals surface area (Å²) in [5.74, 6) is 1.72. The Bertz CT molecular complexity index is 863. The lowest BCUT2D eigenvalue weighted by Gasteiger charge is -2.46. The Balaban J connectivity index is 1.76. The van der Waals surface area contributed by atoms with E-state index in [2.05, 4.69) is 25.1 Å². The molecule has 3 aliphatic rings. The number of nitrogens with two attached hydrogens (primary N) is 1. The number of benzene rings is 1. The monoisotopic (exact) mass is 377 g/mol. The van der Waals surface area contributed by atoms with Gasteiger partial charge < -0.3 is 9.29 Å². The van der Waals surface area contributed by atoms with Crippen LogP contribution in [0.4, 0.5) is 0 Å². The topological polar surface area (TPSA) is 89.6 Å². The van der Waals surface area contributed by atoms with Crippen molar-refractivity contribution in [2.75, 3.05) is 0 Å². The summed E-state index contributed by atoms with van der Waals surface area (Å²) in [6.45, 7) is 4.18. The van der Waals surface area contributed by atoms with Crippen molar-refractivity contribution in [2.24, 2.45) is 22.4 Å². The van der Waals surface area contributed by atoms with Gasteiger partial charge in [-0.05, 0) is 66.7 Å². The molecule has 0 radical (unpaired) electrons. The van der Waals surface area contributed by atoms with E-state index in [4.69, 9.17) is 9.32 Å². The number of hydrogen-bond acceptors (Lipinski definition) is 4. The molecule has 1 saturated carbocycles. The van der Waals surface area contributed by atoms with Crippen molar-refractivity contribution in [3.05, 3.63) is 41.0 Å². The Morgan fingerprint density at radius 2 is 2.08 bits per heavy atom. The van der Waals surface area contributed by atoms with Crippen LogP contribution in [0.2, 0.25) is 0 Å². The third kappa shape index (κ3) is 2.79. The molecule has 0 saturated heterocycles. The van der Waals surface area contributed by atoms with Crippen molar-refractivity contribution in [1.29, 1.82) is 0 Å². The largest absolute Gasteiger partial charge is 0.392 e. The second kappa shape index (κ2) is 6.08. The van der Waals surface area contributed by atoms with Crippen LogP contribution in [-0.2, 0) is 23.1 Å². The van der Waals surface area contributed by atoms with Gasteiger partial charge in [-0.3, -0.25) is 0 Å². The highest BCUT2D eigenvalue weighted by atomic mass is 32.2. The van der Waals surface area contributed by atoms with E-state index in [1.165, 1.54) is 5.56 Å². The molecule has 6 heteroatoms. The lowest BCUT2D eigenvalue weighted by molar-refractivity contribution is 0.0453. The molecule has 0 unspecified atom stereocenters. The van der Waals surface area contributed by atoms with Gasteiger partial charge in [0.2, 0.25) is 0 Å². The quantitative estimate of drug-likeness (QED) is 0.793. The first kappa shape index (κ1) is 18.0. The molecule has 1 aromatic carbocycles.